The van der Waals surface area contributed by atoms with Gasteiger partial charge in [-0.15, -0.1) is 0 Å². The summed E-state index contributed by atoms with van der Waals surface area (Å²) >= 11 is 0. The molecule has 2 unspecified atom stereocenters. The minimum atomic E-state index is 0.0143. The number of imidazole rings is 1. The molecule has 0 radical (unpaired) electrons. The van der Waals surface area contributed by atoms with Gasteiger partial charge in [-0.2, -0.15) is 0 Å². The van der Waals surface area contributed by atoms with Gasteiger partial charge in [0.15, 0.2) is 0 Å². The number of rotatable bonds is 2. The highest BCUT2D eigenvalue weighted by Crippen LogP contribution is 2.20. The van der Waals surface area contributed by atoms with Crippen molar-refractivity contribution in [1.82, 2.24) is 20.2 Å². The maximum Gasteiger partial charge on any atom is 0.0931 e. The van der Waals surface area contributed by atoms with Crippen molar-refractivity contribution in [3.05, 3.63) is 30.1 Å². The number of nitrogens with one attached hydrogen (secondary N) is 2. The van der Waals surface area contributed by atoms with Crippen LogP contribution in [0.1, 0.15) is 11.6 Å². The number of piperazine rings is 1. The first kappa shape index (κ1) is 11.6. The summed E-state index contributed by atoms with van der Waals surface area (Å²) in [4.78, 5) is 9.67. The van der Waals surface area contributed by atoms with Gasteiger partial charge in [0.2, 0.25) is 0 Å². The summed E-state index contributed by atoms with van der Waals surface area (Å²) in [5.74, 6) is 0. The van der Waals surface area contributed by atoms with E-state index < -0.39 is 0 Å². The molecule has 1 aliphatic heterocycles. The maximum atomic E-state index is 6.37. The smallest absolute Gasteiger partial charge is 0.0931 e. The van der Waals surface area contributed by atoms with E-state index in [0.717, 1.165) is 36.2 Å². The van der Waals surface area contributed by atoms with Crippen LogP contribution in [-0.2, 0) is 0 Å². The third-order valence-corrected chi connectivity index (χ3v) is 3.67. The number of benzene rings is 1. The van der Waals surface area contributed by atoms with Gasteiger partial charge >= 0.3 is 0 Å². The van der Waals surface area contributed by atoms with Crippen LogP contribution in [0.4, 0.5) is 0 Å². The summed E-state index contributed by atoms with van der Waals surface area (Å²) in [7, 11) is 2.14. The summed E-state index contributed by atoms with van der Waals surface area (Å²) in [5, 5.41) is 3.50. The second-order valence-electron chi connectivity index (χ2n) is 5.03. The largest absolute Gasteiger partial charge is 0.345 e. The molecule has 1 aromatic heterocycles. The number of nitrogens with zero attached hydrogens (tertiary/aromatic N) is 2. The molecular weight excluding hydrogens is 226 g/mol. The topological polar surface area (TPSA) is 70.0 Å². The molecule has 2 atom stereocenters. The van der Waals surface area contributed by atoms with Gasteiger partial charge in [0, 0.05) is 31.7 Å². The molecule has 2 aromatic rings. The van der Waals surface area contributed by atoms with Crippen LogP contribution in [0.2, 0.25) is 0 Å². The van der Waals surface area contributed by atoms with Gasteiger partial charge in [0.05, 0.1) is 17.4 Å². The first-order valence-electron chi connectivity index (χ1n) is 6.34. The predicted octanol–water partition coefficient (Wildman–Crippen LogP) is 0.466. The number of aromatic amines is 1. The van der Waals surface area contributed by atoms with Crippen LogP contribution in [0.15, 0.2) is 24.5 Å². The fourth-order valence-corrected chi connectivity index (χ4v) is 2.57. The number of fused-ring (bicyclic) bond motifs is 1. The van der Waals surface area contributed by atoms with Crippen molar-refractivity contribution in [3.8, 4) is 0 Å². The van der Waals surface area contributed by atoms with Crippen LogP contribution in [0.3, 0.4) is 0 Å². The van der Waals surface area contributed by atoms with Crippen molar-refractivity contribution in [3.63, 3.8) is 0 Å². The first-order valence-corrected chi connectivity index (χ1v) is 6.34. The first-order chi connectivity index (χ1) is 8.74. The van der Waals surface area contributed by atoms with Crippen LogP contribution < -0.4 is 11.1 Å². The number of H-pyrrole nitrogens is 1. The standard InChI is InChI=1S/C13H19N5/c1-18-5-4-15-12(7-18)13(14)9-2-3-10-11(6-9)17-8-16-10/h2-3,6,8,12-13,15H,4-5,7,14H2,1H3,(H,16,17). The van der Waals surface area contributed by atoms with Gasteiger partial charge in [0.1, 0.15) is 0 Å². The zero-order valence-corrected chi connectivity index (χ0v) is 10.6. The molecule has 3 rings (SSSR count). The molecule has 0 spiro atoms. The molecule has 2 heterocycles. The van der Waals surface area contributed by atoms with Crippen molar-refractivity contribution in [2.45, 2.75) is 12.1 Å². The Morgan fingerprint density at radius 3 is 3.22 bits per heavy atom. The summed E-state index contributed by atoms with van der Waals surface area (Å²) in [6.07, 6.45) is 1.71. The fourth-order valence-electron chi connectivity index (χ4n) is 2.57. The molecule has 18 heavy (non-hydrogen) atoms. The number of likely N-dealkylation sites (N-methyl/N-ethyl adjacent to an activating group) is 1. The van der Waals surface area contributed by atoms with E-state index >= 15 is 0 Å². The van der Waals surface area contributed by atoms with Crippen molar-refractivity contribution in [2.75, 3.05) is 26.7 Å². The molecule has 4 N–H and O–H groups in total. The molecule has 5 nitrogen and oxygen atoms in total. The second-order valence-corrected chi connectivity index (χ2v) is 5.03. The van der Waals surface area contributed by atoms with Crippen molar-refractivity contribution in [2.24, 2.45) is 5.73 Å². The lowest BCUT2D eigenvalue weighted by Crippen LogP contribution is -2.53. The normalized spacial score (nSPS) is 23.3. The van der Waals surface area contributed by atoms with E-state index in [4.69, 9.17) is 5.73 Å². The zero-order valence-electron chi connectivity index (χ0n) is 10.6. The average Bonchev–Trinajstić information content (AvgIpc) is 2.85. The average molecular weight is 245 g/mol. The minimum Gasteiger partial charge on any atom is -0.345 e. The molecule has 1 fully saturated rings. The Kier molecular flexibility index (Phi) is 3.03. The molecule has 1 aliphatic rings. The van der Waals surface area contributed by atoms with Gasteiger partial charge in [-0.1, -0.05) is 6.07 Å². The van der Waals surface area contributed by atoms with Crippen molar-refractivity contribution in [1.29, 1.82) is 0 Å². The highest BCUT2D eigenvalue weighted by atomic mass is 15.2. The molecule has 1 aromatic carbocycles. The quantitative estimate of drug-likeness (QED) is 0.719. The van der Waals surface area contributed by atoms with E-state index in [2.05, 4.69) is 39.4 Å². The molecular formula is C13H19N5. The van der Waals surface area contributed by atoms with E-state index in [1.165, 1.54) is 0 Å². The van der Waals surface area contributed by atoms with E-state index in [9.17, 15) is 0 Å². The molecule has 1 saturated heterocycles. The minimum absolute atomic E-state index is 0.0143. The number of hydrogen-bond acceptors (Lipinski definition) is 4. The fraction of sp³-hybridized carbons (Fsp3) is 0.462. The Balaban J connectivity index is 1.83. The Labute approximate surface area is 106 Å². The summed E-state index contributed by atoms with van der Waals surface area (Å²) < 4.78 is 0. The Morgan fingerprint density at radius 1 is 1.50 bits per heavy atom. The zero-order chi connectivity index (χ0) is 12.5. The lowest BCUT2D eigenvalue weighted by atomic mass is 9.98. The van der Waals surface area contributed by atoms with Gasteiger partial charge in [-0.05, 0) is 24.7 Å². The third kappa shape index (κ3) is 2.12. The van der Waals surface area contributed by atoms with Crippen molar-refractivity contribution < 1.29 is 0 Å². The molecule has 0 aliphatic carbocycles. The predicted molar refractivity (Wildman–Crippen MR) is 72.3 cm³/mol. The molecule has 0 saturated carbocycles. The van der Waals surface area contributed by atoms with Gasteiger partial charge in [-0.25, -0.2) is 4.98 Å². The van der Waals surface area contributed by atoms with Crippen LogP contribution in [0.25, 0.3) is 11.0 Å². The summed E-state index contributed by atoms with van der Waals surface area (Å²) in [5.41, 5.74) is 9.55. The Hall–Kier alpha value is -1.43. The van der Waals surface area contributed by atoms with E-state index in [1.54, 1.807) is 6.33 Å². The molecule has 5 heteroatoms. The lowest BCUT2D eigenvalue weighted by molar-refractivity contribution is 0.220. The summed E-state index contributed by atoms with van der Waals surface area (Å²) in [6.45, 7) is 3.08. The molecule has 96 valence electrons. The highest BCUT2D eigenvalue weighted by molar-refractivity contribution is 5.75. The number of aromatic nitrogens is 2. The van der Waals surface area contributed by atoms with Gasteiger partial charge in [-0.3, -0.25) is 0 Å². The van der Waals surface area contributed by atoms with E-state index in [0.29, 0.717) is 6.04 Å². The third-order valence-electron chi connectivity index (χ3n) is 3.67. The highest BCUT2D eigenvalue weighted by Gasteiger charge is 2.23. The second kappa shape index (κ2) is 4.68. The van der Waals surface area contributed by atoms with Crippen LogP contribution in [-0.4, -0.2) is 47.6 Å². The Morgan fingerprint density at radius 2 is 2.39 bits per heavy atom. The van der Waals surface area contributed by atoms with Crippen LogP contribution in [0, 0.1) is 0 Å². The summed E-state index contributed by atoms with van der Waals surface area (Å²) in [6, 6.07) is 6.52. The maximum absolute atomic E-state index is 6.37. The monoisotopic (exact) mass is 245 g/mol. The van der Waals surface area contributed by atoms with Gasteiger partial charge < -0.3 is 20.9 Å². The van der Waals surface area contributed by atoms with E-state index in [1.807, 2.05) is 6.07 Å². The number of hydrogen-bond donors (Lipinski definition) is 3. The number of nitrogens with two attached hydrogens (primary N) is 1. The lowest BCUT2D eigenvalue weighted by Gasteiger charge is -2.34. The SMILES string of the molecule is CN1CCNC(C(N)c2ccc3nc[nH]c3c2)C1. The van der Waals surface area contributed by atoms with E-state index in [-0.39, 0.29) is 6.04 Å². The molecule has 0 amide bonds. The van der Waals surface area contributed by atoms with Crippen LogP contribution in [0.5, 0.6) is 0 Å². The Bertz CT molecular complexity index is 535. The molecule has 0 bridgehead atoms. The van der Waals surface area contributed by atoms with Crippen LogP contribution >= 0.6 is 0 Å². The van der Waals surface area contributed by atoms with Gasteiger partial charge in [0.25, 0.3) is 0 Å². The van der Waals surface area contributed by atoms with Crippen molar-refractivity contribution >= 4 is 11.0 Å².